The zero-order valence-electron chi connectivity index (χ0n) is 14.3. The fourth-order valence-corrected chi connectivity index (χ4v) is 3.35. The van der Waals surface area contributed by atoms with E-state index < -0.39 is 5.82 Å². The zero-order chi connectivity index (χ0) is 19.0. The van der Waals surface area contributed by atoms with Crippen molar-refractivity contribution in [2.45, 2.75) is 0 Å². The number of rotatable bonds is 3. The van der Waals surface area contributed by atoms with Gasteiger partial charge in [-0.1, -0.05) is 23.7 Å². The van der Waals surface area contributed by atoms with Crippen LogP contribution in [0.4, 0.5) is 8.78 Å². The van der Waals surface area contributed by atoms with Crippen LogP contribution in [0.15, 0.2) is 60.8 Å². The van der Waals surface area contributed by atoms with Crippen LogP contribution in [-0.2, 0) is 0 Å². The van der Waals surface area contributed by atoms with E-state index in [0.29, 0.717) is 38.5 Å². The first-order valence-corrected chi connectivity index (χ1v) is 8.54. The van der Waals surface area contributed by atoms with Gasteiger partial charge in [-0.25, -0.2) is 8.78 Å². The molecular formula is C22H13ClF2NO. The topological polar surface area (TPSA) is 22.1 Å². The number of halogens is 3. The molecule has 0 fully saturated rings. The molecule has 1 aromatic heterocycles. The van der Waals surface area contributed by atoms with E-state index in [2.05, 4.69) is 11.1 Å². The molecule has 0 N–H and O–H groups in total. The largest absolute Gasteiger partial charge is 0.496 e. The van der Waals surface area contributed by atoms with Crippen LogP contribution in [0.5, 0.6) is 5.75 Å². The van der Waals surface area contributed by atoms with Crippen LogP contribution in [0.1, 0.15) is 0 Å². The van der Waals surface area contributed by atoms with Gasteiger partial charge in [0.1, 0.15) is 17.4 Å². The van der Waals surface area contributed by atoms with Gasteiger partial charge in [0, 0.05) is 33.8 Å². The van der Waals surface area contributed by atoms with Gasteiger partial charge in [0.25, 0.3) is 0 Å². The highest BCUT2D eigenvalue weighted by molar-refractivity contribution is 6.33. The lowest BCUT2D eigenvalue weighted by molar-refractivity contribution is 0.416. The van der Waals surface area contributed by atoms with Crippen LogP contribution in [0.2, 0.25) is 5.02 Å². The molecule has 4 aromatic rings. The Labute approximate surface area is 160 Å². The van der Waals surface area contributed by atoms with Crippen molar-refractivity contribution in [1.82, 2.24) is 4.98 Å². The van der Waals surface area contributed by atoms with E-state index >= 15 is 0 Å². The van der Waals surface area contributed by atoms with Crippen molar-refractivity contribution in [3.63, 3.8) is 0 Å². The number of aromatic nitrogens is 1. The van der Waals surface area contributed by atoms with Crippen LogP contribution >= 0.6 is 11.6 Å². The molecule has 0 unspecified atom stereocenters. The maximum atomic E-state index is 13.7. The first kappa shape index (κ1) is 17.4. The van der Waals surface area contributed by atoms with Crippen molar-refractivity contribution in [2.75, 3.05) is 7.11 Å². The van der Waals surface area contributed by atoms with Gasteiger partial charge in [0.2, 0.25) is 0 Å². The molecule has 133 valence electrons. The molecule has 0 spiro atoms. The Morgan fingerprint density at radius 2 is 1.89 bits per heavy atom. The van der Waals surface area contributed by atoms with E-state index in [4.69, 9.17) is 16.3 Å². The lowest BCUT2D eigenvalue weighted by atomic mass is 9.98. The molecule has 0 aliphatic carbocycles. The second-order valence-electron chi connectivity index (χ2n) is 5.99. The summed E-state index contributed by atoms with van der Waals surface area (Å²) in [7, 11) is 1.53. The minimum absolute atomic E-state index is 0.353. The number of nitrogens with zero attached hydrogens (tertiary/aromatic N) is 1. The third-order valence-corrected chi connectivity index (χ3v) is 4.65. The quantitative estimate of drug-likeness (QED) is 0.415. The molecule has 27 heavy (non-hydrogen) atoms. The Balaban J connectivity index is 1.95. The predicted octanol–water partition coefficient (Wildman–Crippen LogP) is 6.31. The van der Waals surface area contributed by atoms with Gasteiger partial charge in [-0.2, -0.15) is 0 Å². The average molecular weight is 381 g/mol. The lowest BCUT2D eigenvalue weighted by Gasteiger charge is -2.14. The summed E-state index contributed by atoms with van der Waals surface area (Å²) in [4.78, 5) is 4.41. The third-order valence-electron chi connectivity index (χ3n) is 4.34. The van der Waals surface area contributed by atoms with E-state index in [-0.39, 0.29) is 5.82 Å². The minimum atomic E-state index is -0.474. The predicted molar refractivity (Wildman–Crippen MR) is 103 cm³/mol. The summed E-state index contributed by atoms with van der Waals surface area (Å²) in [6, 6.07) is 16.9. The van der Waals surface area contributed by atoms with E-state index in [0.717, 1.165) is 5.39 Å². The van der Waals surface area contributed by atoms with Crippen molar-refractivity contribution in [3.05, 3.63) is 83.5 Å². The van der Waals surface area contributed by atoms with Gasteiger partial charge in [0.05, 0.1) is 12.8 Å². The standard InChI is InChI=1S/C22H13ClF2NO/c1-27-21-12-17(14-3-2-4-15(24)9-14)20(23)11-19(21)22-18-10-16(25)6-5-13(18)7-8-26-22/h2-5,7-12H,1H3. The van der Waals surface area contributed by atoms with Gasteiger partial charge in [-0.05, 0) is 53.4 Å². The number of benzene rings is 3. The van der Waals surface area contributed by atoms with Crippen molar-refractivity contribution in [1.29, 1.82) is 0 Å². The summed E-state index contributed by atoms with van der Waals surface area (Å²) in [5, 5.41) is 1.84. The molecule has 0 saturated carbocycles. The van der Waals surface area contributed by atoms with Crippen LogP contribution in [0.3, 0.4) is 0 Å². The Morgan fingerprint density at radius 1 is 1.04 bits per heavy atom. The van der Waals surface area contributed by atoms with Gasteiger partial charge < -0.3 is 4.74 Å². The van der Waals surface area contributed by atoms with Gasteiger partial charge in [-0.3, -0.25) is 4.98 Å². The Kier molecular flexibility index (Phi) is 4.50. The minimum Gasteiger partial charge on any atom is -0.496 e. The second-order valence-corrected chi connectivity index (χ2v) is 6.39. The second kappa shape index (κ2) is 6.97. The van der Waals surface area contributed by atoms with E-state index in [1.165, 1.54) is 25.3 Å². The molecule has 0 amide bonds. The Hall–Kier alpha value is -2.98. The first-order valence-electron chi connectivity index (χ1n) is 8.16. The van der Waals surface area contributed by atoms with Gasteiger partial charge in [0.15, 0.2) is 0 Å². The maximum Gasteiger partial charge on any atom is 0.131 e. The van der Waals surface area contributed by atoms with Crippen molar-refractivity contribution < 1.29 is 13.5 Å². The highest BCUT2D eigenvalue weighted by Gasteiger charge is 2.16. The molecule has 5 heteroatoms. The summed E-state index contributed by atoms with van der Waals surface area (Å²) in [6.45, 7) is 0. The lowest BCUT2D eigenvalue weighted by Crippen LogP contribution is -1.94. The van der Waals surface area contributed by atoms with Crippen LogP contribution < -0.4 is 4.74 Å². The van der Waals surface area contributed by atoms with E-state index in [1.54, 1.807) is 42.6 Å². The van der Waals surface area contributed by atoms with Crippen molar-refractivity contribution >= 4 is 22.4 Å². The number of hydrogen-bond acceptors (Lipinski definition) is 2. The zero-order valence-corrected chi connectivity index (χ0v) is 15.0. The van der Waals surface area contributed by atoms with Crippen LogP contribution in [0, 0.1) is 17.7 Å². The van der Waals surface area contributed by atoms with Crippen LogP contribution in [-0.4, -0.2) is 12.1 Å². The van der Waals surface area contributed by atoms with E-state index in [9.17, 15) is 8.78 Å². The molecule has 0 atom stereocenters. The molecule has 4 rings (SSSR count). The summed E-state index contributed by atoms with van der Waals surface area (Å²) < 4.78 is 32.9. The number of ether oxygens (including phenoxy) is 1. The van der Waals surface area contributed by atoms with Crippen LogP contribution in [0.25, 0.3) is 33.2 Å². The van der Waals surface area contributed by atoms with Crippen molar-refractivity contribution in [3.8, 4) is 28.1 Å². The number of methoxy groups -OCH3 is 1. The fourth-order valence-electron chi connectivity index (χ4n) is 3.08. The van der Waals surface area contributed by atoms with Crippen molar-refractivity contribution in [2.24, 2.45) is 0 Å². The highest BCUT2D eigenvalue weighted by Crippen LogP contribution is 2.40. The number of hydrogen-bond donors (Lipinski definition) is 0. The first-order chi connectivity index (χ1) is 13.1. The summed E-state index contributed by atoms with van der Waals surface area (Å²) in [6.07, 6.45) is 1.64. The summed E-state index contributed by atoms with van der Waals surface area (Å²) >= 11 is 6.49. The molecule has 0 saturated heterocycles. The number of fused-ring (bicyclic) bond motifs is 1. The maximum absolute atomic E-state index is 13.7. The molecule has 1 heterocycles. The normalized spacial score (nSPS) is 11.0. The Bertz CT molecular complexity index is 1160. The fraction of sp³-hybridized carbons (Fsp3) is 0.0455. The molecule has 1 radical (unpaired) electrons. The third kappa shape index (κ3) is 3.24. The molecule has 3 aromatic carbocycles. The molecule has 2 nitrogen and oxygen atoms in total. The summed E-state index contributed by atoms with van der Waals surface area (Å²) in [5.41, 5.74) is 2.44. The van der Waals surface area contributed by atoms with E-state index in [1.807, 2.05) is 0 Å². The molecular weight excluding hydrogens is 368 g/mol. The molecule has 0 aliphatic heterocycles. The smallest absolute Gasteiger partial charge is 0.131 e. The SMILES string of the molecule is COc1cc(-c2cccc(F)c2)c(Cl)cc1-c1nccc2c[c]c(F)cc12. The highest BCUT2D eigenvalue weighted by atomic mass is 35.5. The molecule has 0 aliphatic rings. The monoisotopic (exact) mass is 380 g/mol. The Morgan fingerprint density at radius 3 is 2.67 bits per heavy atom. The molecule has 0 bridgehead atoms. The van der Waals surface area contributed by atoms with Gasteiger partial charge in [-0.15, -0.1) is 0 Å². The summed E-state index contributed by atoms with van der Waals surface area (Å²) in [5.74, 6) is -0.320. The average Bonchev–Trinajstić information content (AvgIpc) is 2.67. The van der Waals surface area contributed by atoms with Gasteiger partial charge >= 0.3 is 0 Å². The number of pyridine rings is 1.